The number of hydrogen-bond donors (Lipinski definition) is 1. The van der Waals surface area contributed by atoms with Crippen molar-refractivity contribution in [3.8, 4) is 0 Å². The molecule has 0 spiro atoms. The Balaban J connectivity index is 2.83. The molecule has 0 saturated heterocycles. The van der Waals surface area contributed by atoms with Crippen molar-refractivity contribution in [2.24, 2.45) is 5.73 Å². The molecule has 3 nitrogen and oxygen atoms in total. The third-order valence-electron chi connectivity index (χ3n) is 2.69. The minimum Gasteiger partial charge on any atom is -0.346 e. The average molecular weight is 227 g/mol. The number of anilines is 1. The third-order valence-corrected chi connectivity index (χ3v) is 3.58. The van der Waals surface area contributed by atoms with Gasteiger partial charge in [-0.25, -0.2) is 4.98 Å². The average Bonchev–Trinajstić information content (AvgIpc) is 2.68. The van der Waals surface area contributed by atoms with E-state index in [1.165, 1.54) is 0 Å². The molecule has 86 valence electrons. The van der Waals surface area contributed by atoms with Crippen molar-refractivity contribution < 1.29 is 0 Å². The monoisotopic (exact) mass is 227 g/mol. The standard InChI is InChI=1S/C11H21N3S/c1-5-8(3)14(6-2)11-13-10(7-15-11)9(4)12/h7-9H,5-6,12H2,1-4H3. The molecule has 1 aromatic heterocycles. The van der Waals surface area contributed by atoms with Crippen LogP contribution in [0.25, 0.3) is 0 Å². The molecular formula is C11H21N3S. The van der Waals surface area contributed by atoms with Gasteiger partial charge in [0.05, 0.1) is 5.69 Å². The van der Waals surface area contributed by atoms with Crippen molar-refractivity contribution in [1.82, 2.24) is 4.98 Å². The maximum atomic E-state index is 5.80. The Morgan fingerprint density at radius 2 is 2.13 bits per heavy atom. The van der Waals surface area contributed by atoms with Crippen LogP contribution < -0.4 is 10.6 Å². The first-order valence-corrected chi connectivity index (χ1v) is 6.45. The molecule has 2 N–H and O–H groups in total. The summed E-state index contributed by atoms with van der Waals surface area (Å²) in [4.78, 5) is 6.90. The van der Waals surface area contributed by atoms with Gasteiger partial charge in [0.25, 0.3) is 0 Å². The van der Waals surface area contributed by atoms with Crippen LogP contribution in [-0.2, 0) is 0 Å². The molecule has 0 aliphatic rings. The van der Waals surface area contributed by atoms with Crippen LogP contribution in [0.15, 0.2) is 5.38 Å². The Bertz CT molecular complexity index is 296. The van der Waals surface area contributed by atoms with E-state index in [0.717, 1.165) is 23.8 Å². The number of nitrogens with zero attached hydrogens (tertiary/aromatic N) is 2. The van der Waals surface area contributed by atoms with Crippen molar-refractivity contribution in [3.05, 3.63) is 11.1 Å². The molecule has 1 heterocycles. The summed E-state index contributed by atoms with van der Waals surface area (Å²) in [5.74, 6) is 0. The fourth-order valence-corrected chi connectivity index (χ4v) is 2.57. The van der Waals surface area contributed by atoms with E-state index in [0.29, 0.717) is 6.04 Å². The van der Waals surface area contributed by atoms with Gasteiger partial charge in [0.2, 0.25) is 0 Å². The van der Waals surface area contributed by atoms with Crippen molar-refractivity contribution in [3.63, 3.8) is 0 Å². The van der Waals surface area contributed by atoms with Crippen LogP contribution in [0.2, 0.25) is 0 Å². The number of aromatic nitrogens is 1. The van der Waals surface area contributed by atoms with Crippen LogP contribution >= 0.6 is 11.3 Å². The lowest BCUT2D eigenvalue weighted by Gasteiger charge is -2.26. The smallest absolute Gasteiger partial charge is 0.185 e. The fraction of sp³-hybridized carbons (Fsp3) is 0.727. The maximum Gasteiger partial charge on any atom is 0.185 e. The summed E-state index contributed by atoms with van der Waals surface area (Å²) in [7, 11) is 0. The minimum atomic E-state index is 0.0330. The van der Waals surface area contributed by atoms with Crippen LogP contribution in [0.4, 0.5) is 5.13 Å². The molecule has 2 atom stereocenters. The van der Waals surface area contributed by atoms with Gasteiger partial charge >= 0.3 is 0 Å². The van der Waals surface area contributed by atoms with Gasteiger partial charge in [-0.05, 0) is 27.2 Å². The van der Waals surface area contributed by atoms with Crippen molar-refractivity contribution in [1.29, 1.82) is 0 Å². The molecule has 15 heavy (non-hydrogen) atoms. The lowest BCUT2D eigenvalue weighted by molar-refractivity contribution is 0.626. The van der Waals surface area contributed by atoms with Crippen molar-refractivity contribution in [2.45, 2.75) is 46.2 Å². The number of nitrogens with two attached hydrogens (primary N) is 1. The van der Waals surface area contributed by atoms with Crippen LogP contribution in [-0.4, -0.2) is 17.6 Å². The highest BCUT2D eigenvalue weighted by Crippen LogP contribution is 2.25. The van der Waals surface area contributed by atoms with E-state index in [1.54, 1.807) is 11.3 Å². The molecule has 0 saturated carbocycles. The van der Waals surface area contributed by atoms with Gasteiger partial charge in [-0.2, -0.15) is 0 Å². The summed E-state index contributed by atoms with van der Waals surface area (Å²) in [6, 6.07) is 0.577. The molecule has 1 aromatic rings. The van der Waals surface area contributed by atoms with Gasteiger partial charge < -0.3 is 10.6 Å². The minimum absolute atomic E-state index is 0.0330. The molecule has 0 aromatic carbocycles. The Kier molecular flexibility index (Phi) is 4.54. The second kappa shape index (κ2) is 5.47. The van der Waals surface area contributed by atoms with E-state index in [9.17, 15) is 0 Å². The molecule has 0 aliphatic carbocycles. The predicted molar refractivity (Wildman–Crippen MR) is 67.5 cm³/mol. The Hall–Kier alpha value is -0.610. The summed E-state index contributed by atoms with van der Waals surface area (Å²) < 4.78 is 0. The lowest BCUT2D eigenvalue weighted by Crippen LogP contribution is -2.32. The zero-order valence-electron chi connectivity index (χ0n) is 10.0. The highest BCUT2D eigenvalue weighted by atomic mass is 32.1. The quantitative estimate of drug-likeness (QED) is 0.841. The summed E-state index contributed by atoms with van der Waals surface area (Å²) in [5, 5.41) is 3.16. The van der Waals surface area contributed by atoms with E-state index >= 15 is 0 Å². The van der Waals surface area contributed by atoms with Gasteiger partial charge in [0, 0.05) is 24.0 Å². The molecule has 0 amide bonds. The van der Waals surface area contributed by atoms with Gasteiger partial charge in [-0.3, -0.25) is 0 Å². The van der Waals surface area contributed by atoms with Crippen LogP contribution in [0, 0.1) is 0 Å². The highest BCUT2D eigenvalue weighted by Gasteiger charge is 2.15. The van der Waals surface area contributed by atoms with E-state index < -0.39 is 0 Å². The summed E-state index contributed by atoms with van der Waals surface area (Å²) in [6.07, 6.45) is 1.14. The van der Waals surface area contributed by atoms with Crippen molar-refractivity contribution >= 4 is 16.5 Å². The highest BCUT2D eigenvalue weighted by molar-refractivity contribution is 7.13. The largest absolute Gasteiger partial charge is 0.346 e. The van der Waals surface area contributed by atoms with E-state index in [2.05, 4.69) is 36.0 Å². The van der Waals surface area contributed by atoms with Crippen LogP contribution in [0.1, 0.15) is 45.9 Å². The van der Waals surface area contributed by atoms with E-state index in [1.807, 2.05) is 6.92 Å². The van der Waals surface area contributed by atoms with Gasteiger partial charge in [0.1, 0.15) is 0 Å². The first-order valence-electron chi connectivity index (χ1n) is 5.57. The third kappa shape index (κ3) is 2.92. The second-order valence-electron chi connectivity index (χ2n) is 3.89. The molecule has 2 unspecified atom stereocenters. The topological polar surface area (TPSA) is 42.2 Å². The lowest BCUT2D eigenvalue weighted by atomic mass is 10.2. The summed E-state index contributed by atoms with van der Waals surface area (Å²) >= 11 is 1.69. The predicted octanol–water partition coefficient (Wildman–Crippen LogP) is 2.79. The van der Waals surface area contributed by atoms with E-state index in [-0.39, 0.29) is 6.04 Å². The van der Waals surface area contributed by atoms with Crippen molar-refractivity contribution in [2.75, 3.05) is 11.4 Å². The molecule has 0 aliphatic heterocycles. The second-order valence-corrected chi connectivity index (χ2v) is 4.72. The Morgan fingerprint density at radius 1 is 1.47 bits per heavy atom. The molecular weight excluding hydrogens is 206 g/mol. The number of rotatable bonds is 5. The molecule has 1 rings (SSSR count). The SMILES string of the molecule is CCC(C)N(CC)c1nc(C(C)N)cs1. The molecule has 0 bridgehead atoms. The zero-order chi connectivity index (χ0) is 11.4. The normalized spacial score (nSPS) is 15.0. The first kappa shape index (κ1) is 12.5. The van der Waals surface area contributed by atoms with E-state index in [4.69, 9.17) is 5.73 Å². The van der Waals surface area contributed by atoms with Gasteiger partial charge in [-0.15, -0.1) is 11.3 Å². The molecule has 0 fully saturated rings. The maximum absolute atomic E-state index is 5.80. The zero-order valence-corrected chi connectivity index (χ0v) is 10.8. The van der Waals surface area contributed by atoms with Crippen LogP contribution in [0.5, 0.6) is 0 Å². The fourth-order valence-electron chi connectivity index (χ4n) is 1.47. The molecule has 4 heteroatoms. The van der Waals surface area contributed by atoms with Gasteiger partial charge in [-0.1, -0.05) is 6.92 Å². The molecule has 0 radical (unpaired) electrons. The van der Waals surface area contributed by atoms with Gasteiger partial charge in [0.15, 0.2) is 5.13 Å². The number of hydrogen-bond acceptors (Lipinski definition) is 4. The summed E-state index contributed by atoms with van der Waals surface area (Å²) in [6.45, 7) is 9.57. The Morgan fingerprint density at radius 3 is 2.53 bits per heavy atom. The van der Waals surface area contributed by atoms with Crippen LogP contribution in [0.3, 0.4) is 0 Å². The number of thiazole rings is 1. The summed E-state index contributed by atoms with van der Waals surface area (Å²) in [5.41, 5.74) is 6.80. The Labute approximate surface area is 96.3 Å². The first-order chi connectivity index (χ1) is 7.10.